The summed E-state index contributed by atoms with van der Waals surface area (Å²) in [7, 11) is 0. The lowest BCUT2D eigenvalue weighted by molar-refractivity contribution is 1.14. The second kappa shape index (κ2) is 14.0. The fourth-order valence-electron chi connectivity index (χ4n) is 8.45. The fourth-order valence-corrected chi connectivity index (χ4v) is 8.45. The van der Waals surface area contributed by atoms with E-state index in [0.717, 1.165) is 44.4 Å². The number of hydrogen-bond donors (Lipinski definition) is 0. The monoisotopic (exact) mass is 738 g/mol. The Morgan fingerprint density at radius 3 is 1.29 bits per heavy atom. The molecule has 270 valence electrons. The Hall–Kier alpha value is -7.82. The minimum atomic E-state index is 0.641. The number of nitrogens with zero attached hydrogens (tertiary/aromatic N) is 4. The smallest absolute Gasteiger partial charge is 0.160 e. The lowest BCUT2D eigenvalue weighted by atomic mass is 9.91. The van der Waals surface area contributed by atoms with Gasteiger partial charge in [0.2, 0.25) is 0 Å². The molecule has 0 aliphatic rings. The van der Waals surface area contributed by atoms with Gasteiger partial charge in [-0.15, -0.1) is 0 Å². The Morgan fingerprint density at radius 2 is 0.690 bits per heavy atom. The van der Waals surface area contributed by atoms with Gasteiger partial charge in [0, 0.05) is 34.6 Å². The van der Waals surface area contributed by atoms with E-state index in [1.807, 2.05) is 60.9 Å². The van der Waals surface area contributed by atoms with Crippen molar-refractivity contribution in [3.8, 4) is 45.3 Å². The first-order valence-corrected chi connectivity index (χ1v) is 19.5. The first-order chi connectivity index (χ1) is 28.8. The van der Waals surface area contributed by atoms with Crippen molar-refractivity contribution >= 4 is 64.6 Å². The van der Waals surface area contributed by atoms with Crippen LogP contribution in [-0.4, -0.2) is 19.9 Å². The first-order valence-electron chi connectivity index (χ1n) is 19.5. The number of hydrogen-bond acceptors (Lipinski definition) is 4. The van der Waals surface area contributed by atoms with Crippen LogP contribution in [0.5, 0.6) is 0 Å². The number of benzene rings is 8. The first kappa shape index (κ1) is 33.5. The molecule has 0 radical (unpaired) electrons. The molecule has 0 atom stereocenters. The van der Waals surface area contributed by atoms with E-state index in [-0.39, 0.29) is 0 Å². The Morgan fingerprint density at radius 1 is 0.259 bits per heavy atom. The summed E-state index contributed by atoms with van der Waals surface area (Å²) >= 11 is 0. The van der Waals surface area contributed by atoms with Crippen LogP contribution < -0.4 is 0 Å². The van der Waals surface area contributed by atoms with E-state index in [1.165, 1.54) is 53.9 Å². The van der Waals surface area contributed by atoms with Crippen LogP contribution in [0.4, 0.5) is 0 Å². The molecule has 0 unspecified atom stereocenters. The van der Waals surface area contributed by atoms with Gasteiger partial charge in [-0.25, -0.2) is 19.9 Å². The maximum absolute atomic E-state index is 5.25. The van der Waals surface area contributed by atoms with Crippen molar-refractivity contribution in [3.63, 3.8) is 0 Å². The van der Waals surface area contributed by atoms with Gasteiger partial charge >= 0.3 is 0 Å². The molecule has 2 heterocycles. The maximum atomic E-state index is 5.25. The molecule has 0 saturated heterocycles. The van der Waals surface area contributed by atoms with Gasteiger partial charge in [0.25, 0.3) is 0 Å². The molecule has 0 amide bonds. The topological polar surface area (TPSA) is 51.6 Å². The van der Waals surface area contributed by atoms with Crippen LogP contribution in [0.15, 0.2) is 207 Å². The highest BCUT2D eigenvalue weighted by Crippen LogP contribution is 2.40. The molecule has 0 N–H and O–H groups in total. The van der Waals surface area contributed by atoms with Gasteiger partial charge in [-0.2, -0.15) is 0 Å². The van der Waals surface area contributed by atoms with Crippen molar-refractivity contribution in [2.24, 2.45) is 0 Å². The highest BCUT2D eigenvalue weighted by Gasteiger charge is 2.15. The average Bonchev–Trinajstić information content (AvgIpc) is 3.31. The van der Waals surface area contributed by atoms with Crippen LogP contribution in [0.2, 0.25) is 0 Å². The summed E-state index contributed by atoms with van der Waals surface area (Å²) in [5, 5.41) is 14.3. The third-order valence-electron chi connectivity index (χ3n) is 11.2. The lowest BCUT2D eigenvalue weighted by Crippen LogP contribution is -1.97. The molecular formula is C54H34N4. The van der Waals surface area contributed by atoms with Crippen molar-refractivity contribution < 1.29 is 0 Å². The Labute approximate surface area is 335 Å². The molecule has 0 bridgehead atoms. The zero-order chi connectivity index (χ0) is 38.4. The SMILES string of the molecule is c1ccc(-c2ncc(-c3cc(-c4ccc5c6ccccc6c6ccccc6c6ccccc6c6c7ccccc7ccc6c5c4)nc(-c4ccccc4)n3)cn2)cc1. The van der Waals surface area contributed by atoms with E-state index in [1.54, 1.807) is 0 Å². The summed E-state index contributed by atoms with van der Waals surface area (Å²) in [5.41, 5.74) is 5.29. The fraction of sp³-hybridized carbons (Fsp3) is 0. The molecule has 0 aliphatic heterocycles. The summed E-state index contributed by atoms with van der Waals surface area (Å²) in [5.74, 6) is 1.31. The Bertz CT molecular complexity index is 3430. The molecule has 0 spiro atoms. The lowest BCUT2D eigenvalue weighted by Gasteiger charge is -2.13. The third kappa shape index (κ3) is 5.78. The second-order valence-corrected chi connectivity index (χ2v) is 14.6. The molecule has 4 heteroatoms. The van der Waals surface area contributed by atoms with E-state index < -0.39 is 0 Å². The average molecular weight is 739 g/mol. The van der Waals surface area contributed by atoms with Crippen LogP contribution in [0, 0.1) is 0 Å². The maximum Gasteiger partial charge on any atom is 0.160 e. The molecule has 4 nitrogen and oxygen atoms in total. The number of rotatable bonds is 4. The quantitative estimate of drug-likeness (QED) is 0.180. The summed E-state index contributed by atoms with van der Waals surface area (Å²) < 4.78 is 0. The molecule has 11 rings (SSSR count). The molecule has 11 aromatic rings. The summed E-state index contributed by atoms with van der Waals surface area (Å²) in [6.07, 6.45) is 3.72. The predicted octanol–water partition coefficient (Wildman–Crippen LogP) is 14.0. The van der Waals surface area contributed by atoms with Crippen LogP contribution in [0.25, 0.3) is 110 Å². The normalized spacial score (nSPS) is 11.4. The standard InChI is InChI=1S/C54H34N4/c1-3-16-36(17-4-1)53-55-33-39(34-56-53)51-32-50(57-54(58-51)37-18-5-2-6-19-37)38-28-29-46-44-24-12-10-22-42(44)41-21-9-11-23-43(41)45-25-13-14-26-47(45)52-40-20-8-7-15-35(40)27-30-48(52)49(46)31-38/h1-34H. The minimum Gasteiger partial charge on any atom is -0.236 e. The molecule has 58 heavy (non-hydrogen) atoms. The molecule has 0 aliphatic carbocycles. The van der Waals surface area contributed by atoms with Crippen molar-refractivity contribution in [2.45, 2.75) is 0 Å². The number of fused-ring (bicyclic) bond motifs is 12. The van der Waals surface area contributed by atoms with Gasteiger partial charge in [-0.05, 0) is 76.8 Å². The zero-order valence-corrected chi connectivity index (χ0v) is 31.4. The van der Waals surface area contributed by atoms with E-state index in [0.29, 0.717) is 11.6 Å². The van der Waals surface area contributed by atoms with Gasteiger partial charge < -0.3 is 0 Å². The Kier molecular flexibility index (Phi) is 8.11. The van der Waals surface area contributed by atoms with Crippen LogP contribution in [0.3, 0.4) is 0 Å². The Balaban J connectivity index is 1.25. The molecular weight excluding hydrogens is 705 g/mol. The van der Waals surface area contributed by atoms with E-state index in [2.05, 4.69) is 146 Å². The second-order valence-electron chi connectivity index (χ2n) is 14.6. The van der Waals surface area contributed by atoms with Gasteiger partial charge in [-0.1, -0.05) is 182 Å². The molecule has 0 saturated carbocycles. The van der Waals surface area contributed by atoms with Crippen molar-refractivity contribution in [1.29, 1.82) is 0 Å². The highest BCUT2D eigenvalue weighted by atomic mass is 14.9. The van der Waals surface area contributed by atoms with Gasteiger partial charge in [0.05, 0.1) is 11.4 Å². The van der Waals surface area contributed by atoms with Crippen molar-refractivity contribution in [3.05, 3.63) is 207 Å². The zero-order valence-electron chi connectivity index (χ0n) is 31.4. The minimum absolute atomic E-state index is 0.641. The van der Waals surface area contributed by atoms with Crippen LogP contribution >= 0.6 is 0 Å². The van der Waals surface area contributed by atoms with Crippen LogP contribution in [0.1, 0.15) is 0 Å². The summed E-state index contributed by atoms with van der Waals surface area (Å²) in [6.45, 7) is 0. The van der Waals surface area contributed by atoms with E-state index in [4.69, 9.17) is 19.9 Å². The van der Waals surface area contributed by atoms with Gasteiger partial charge in [-0.3, -0.25) is 0 Å². The van der Waals surface area contributed by atoms with E-state index in [9.17, 15) is 0 Å². The van der Waals surface area contributed by atoms with Crippen molar-refractivity contribution in [2.75, 3.05) is 0 Å². The summed E-state index contributed by atoms with van der Waals surface area (Å²) in [4.78, 5) is 19.9. The van der Waals surface area contributed by atoms with Crippen molar-refractivity contribution in [1.82, 2.24) is 19.9 Å². The molecule has 0 fully saturated rings. The van der Waals surface area contributed by atoms with E-state index >= 15 is 0 Å². The van der Waals surface area contributed by atoms with Gasteiger partial charge in [0.15, 0.2) is 11.6 Å². The molecule has 2 aromatic heterocycles. The largest absolute Gasteiger partial charge is 0.236 e. The third-order valence-corrected chi connectivity index (χ3v) is 11.2. The van der Waals surface area contributed by atoms with Gasteiger partial charge in [0.1, 0.15) is 0 Å². The highest BCUT2D eigenvalue weighted by molar-refractivity contribution is 6.30. The number of aromatic nitrogens is 4. The van der Waals surface area contributed by atoms with Crippen LogP contribution in [-0.2, 0) is 0 Å². The molecule has 9 aromatic carbocycles. The summed E-state index contributed by atoms with van der Waals surface area (Å²) in [6, 6.07) is 68.9. The predicted molar refractivity (Wildman–Crippen MR) is 242 cm³/mol.